The van der Waals surface area contributed by atoms with Gasteiger partial charge in [0, 0.05) is 18.7 Å². The Labute approximate surface area is 72.6 Å². The van der Waals surface area contributed by atoms with Crippen molar-refractivity contribution in [1.29, 1.82) is 5.41 Å². The summed E-state index contributed by atoms with van der Waals surface area (Å²) in [6.07, 6.45) is 1.70. The predicted molar refractivity (Wildman–Crippen MR) is 47.8 cm³/mol. The average Bonchev–Trinajstić information content (AvgIpc) is 2.03. The summed E-state index contributed by atoms with van der Waals surface area (Å²) in [4.78, 5) is 4.25. The molecule has 66 valence electrons. The van der Waals surface area contributed by atoms with Gasteiger partial charge < -0.3 is 4.57 Å². The molecule has 12 heavy (non-hydrogen) atoms. The Morgan fingerprint density at radius 2 is 2.25 bits per heavy atom. The van der Waals surface area contributed by atoms with Gasteiger partial charge in [-0.2, -0.15) is 0 Å². The van der Waals surface area contributed by atoms with Crippen LogP contribution in [0.4, 0.5) is 0 Å². The highest BCUT2D eigenvalue weighted by atomic mass is 15.1. The van der Waals surface area contributed by atoms with Gasteiger partial charge in [0.1, 0.15) is 11.3 Å². The number of aromatic nitrogens is 2. The zero-order valence-electron chi connectivity index (χ0n) is 7.83. The first-order chi connectivity index (χ1) is 5.66. The number of hydrogen-bond donors (Lipinski definition) is 1. The Kier molecular flexibility index (Phi) is 2.63. The minimum atomic E-state index is 0.384. The highest BCUT2D eigenvalue weighted by molar-refractivity contribution is 4.96. The van der Waals surface area contributed by atoms with Crippen LogP contribution in [0.2, 0.25) is 0 Å². The number of rotatable bonds is 2. The van der Waals surface area contributed by atoms with Crippen LogP contribution in [0.3, 0.4) is 0 Å². The van der Waals surface area contributed by atoms with Crippen molar-refractivity contribution in [3.63, 3.8) is 0 Å². The first-order valence-electron chi connectivity index (χ1n) is 4.27. The summed E-state index contributed by atoms with van der Waals surface area (Å²) in [6.45, 7) is 7.04. The minimum Gasteiger partial charge on any atom is -0.315 e. The van der Waals surface area contributed by atoms with Gasteiger partial charge in [-0.05, 0) is 13.0 Å². The summed E-state index contributed by atoms with van der Waals surface area (Å²) >= 11 is 0. The summed E-state index contributed by atoms with van der Waals surface area (Å²) < 4.78 is 1.92. The number of nitrogens with zero attached hydrogens (tertiary/aromatic N) is 2. The maximum atomic E-state index is 7.63. The minimum absolute atomic E-state index is 0.384. The van der Waals surface area contributed by atoms with E-state index < -0.39 is 0 Å². The van der Waals surface area contributed by atoms with Crippen molar-refractivity contribution in [2.24, 2.45) is 0 Å². The number of hydrogen-bond acceptors (Lipinski definition) is 2. The molecule has 1 rings (SSSR count). The Bertz CT molecular complexity index is 312. The summed E-state index contributed by atoms with van der Waals surface area (Å²) in [7, 11) is 0. The fourth-order valence-electron chi connectivity index (χ4n) is 1.26. The fraction of sp³-hybridized carbons (Fsp3) is 0.556. The van der Waals surface area contributed by atoms with Gasteiger partial charge in [0.25, 0.3) is 0 Å². The van der Waals surface area contributed by atoms with Crippen LogP contribution in [0, 0.1) is 5.41 Å². The summed E-state index contributed by atoms with van der Waals surface area (Å²) in [5.41, 5.74) is 0.538. The summed E-state index contributed by atoms with van der Waals surface area (Å²) in [6, 6.07) is 1.72. The fourth-order valence-corrected chi connectivity index (χ4v) is 1.26. The number of nitrogens with one attached hydrogen (secondary N) is 1. The Morgan fingerprint density at radius 3 is 2.67 bits per heavy atom. The SMILES string of the molecule is CCn1c(C(C)C)nccc1=N. The van der Waals surface area contributed by atoms with Gasteiger partial charge in [0.15, 0.2) is 0 Å². The smallest absolute Gasteiger partial charge is 0.127 e. The van der Waals surface area contributed by atoms with E-state index in [4.69, 9.17) is 5.41 Å². The first-order valence-corrected chi connectivity index (χ1v) is 4.27. The molecule has 0 spiro atoms. The molecule has 0 saturated heterocycles. The molecule has 0 saturated carbocycles. The second kappa shape index (κ2) is 3.52. The first kappa shape index (κ1) is 8.97. The molecule has 1 aromatic heterocycles. The van der Waals surface area contributed by atoms with Crippen LogP contribution >= 0.6 is 0 Å². The lowest BCUT2D eigenvalue weighted by molar-refractivity contribution is 0.595. The van der Waals surface area contributed by atoms with E-state index in [1.165, 1.54) is 0 Å². The van der Waals surface area contributed by atoms with Gasteiger partial charge in [-0.3, -0.25) is 5.41 Å². The van der Waals surface area contributed by atoms with E-state index in [-0.39, 0.29) is 0 Å². The molecule has 0 aliphatic heterocycles. The molecule has 0 aromatic carbocycles. The second-order valence-corrected chi connectivity index (χ2v) is 3.09. The molecule has 0 amide bonds. The molecule has 0 unspecified atom stereocenters. The van der Waals surface area contributed by atoms with E-state index in [0.717, 1.165) is 12.4 Å². The van der Waals surface area contributed by atoms with Crippen LogP contribution in [0.15, 0.2) is 12.3 Å². The van der Waals surface area contributed by atoms with Crippen molar-refractivity contribution < 1.29 is 0 Å². The molecular formula is C9H15N3. The standard InChI is InChI=1S/C9H15N3/c1-4-12-8(10)5-6-11-9(12)7(2)3/h5-7,10H,4H2,1-3H3. The summed E-state index contributed by atoms with van der Waals surface area (Å²) in [5, 5.41) is 7.63. The molecule has 1 aromatic rings. The van der Waals surface area contributed by atoms with Crippen molar-refractivity contribution in [2.75, 3.05) is 0 Å². The van der Waals surface area contributed by atoms with Gasteiger partial charge in [-0.15, -0.1) is 0 Å². The third-order valence-corrected chi connectivity index (χ3v) is 1.84. The van der Waals surface area contributed by atoms with Crippen LogP contribution in [0.25, 0.3) is 0 Å². The highest BCUT2D eigenvalue weighted by Gasteiger charge is 2.04. The van der Waals surface area contributed by atoms with Crippen molar-refractivity contribution in [2.45, 2.75) is 33.2 Å². The lowest BCUT2D eigenvalue weighted by atomic mass is 10.2. The van der Waals surface area contributed by atoms with E-state index in [1.54, 1.807) is 12.3 Å². The van der Waals surface area contributed by atoms with Crippen molar-refractivity contribution in [3.8, 4) is 0 Å². The van der Waals surface area contributed by atoms with Gasteiger partial charge in [-0.1, -0.05) is 13.8 Å². The third-order valence-electron chi connectivity index (χ3n) is 1.84. The van der Waals surface area contributed by atoms with Gasteiger partial charge >= 0.3 is 0 Å². The van der Waals surface area contributed by atoms with Crippen molar-refractivity contribution in [1.82, 2.24) is 9.55 Å². The average molecular weight is 165 g/mol. The molecule has 3 nitrogen and oxygen atoms in total. The van der Waals surface area contributed by atoms with Crippen LogP contribution in [0.1, 0.15) is 32.5 Å². The molecule has 3 heteroatoms. The van der Waals surface area contributed by atoms with E-state index in [2.05, 4.69) is 18.8 Å². The van der Waals surface area contributed by atoms with Gasteiger partial charge in [0.2, 0.25) is 0 Å². The van der Waals surface area contributed by atoms with Crippen LogP contribution in [-0.2, 0) is 6.54 Å². The van der Waals surface area contributed by atoms with E-state index in [1.807, 2.05) is 11.5 Å². The zero-order valence-corrected chi connectivity index (χ0v) is 7.83. The van der Waals surface area contributed by atoms with Gasteiger partial charge in [0.05, 0.1) is 0 Å². The normalized spacial score (nSPS) is 10.7. The monoisotopic (exact) mass is 165 g/mol. The van der Waals surface area contributed by atoms with E-state index in [0.29, 0.717) is 11.4 Å². The van der Waals surface area contributed by atoms with E-state index in [9.17, 15) is 0 Å². The predicted octanol–water partition coefficient (Wildman–Crippen LogP) is 1.51. The maximum absolute atomic E-state index is 7.63. The Balaban J connectivity index is 3.28. The third kappa shape index (κ3) is 1.55. The largest absolute Gasteiger partial charge is 0.315 e. The van der Waals surface area contributed by atoms with E-state index >= 15 is 0 Å². The highest BCUT2D eigenvalue weighted by Crippen LogP contribution is 2.07. The molecular weight excluding hydrogens is 150 g/mol. The second-order valence-electron chi connectivity index (χ2n) is 3.09. The topological polar surface area (TPSA) is 41.7 Å². The molecule has 0 bridgehead atoms. The molecule has 0 radical (unpaired) electrons. The van der Waals surface area contributed by atoms with Crippen LogP contribution in [-0.4, -0.2) is 9.55 Å². The quantitative estimate of drug-likeness (QED) is 0.709. The molecule has 0 atom stereocenters. The van der Waals surface area contributed by atoms with Crippen LogP contribution in [0.5, 0.6) is 0 Å². The molecule has 1 heterocycles. The summed E-state index contributed by atoms with van der Waals surface area (Å²) in [5.74, 6) is 1.38. The van der Waals surface area contributed by atoms with Gasteiger partial charge in [-0.25, -0.2) is 4.98 Å². The zero-order chi connectivity index (χ0) is 9.14. The van der Waals surface area contributed by atoms with Crippen molar-refractivity contribution >= 4 is 0 Å². The molecule has 1 N–H and O–H groups in total. The van der Waals surface area contributed by atoms with Crippen LogP contribution < -0.4 is 5.49 Å². The molecule has 0 fully saturated rings. The Morgan fingerprint density at radius 1 is 1.58 bits per heavy atom. The maximum Gasteiger partial charge on any atom is 0.127 e. The Hall–Kier alpha value is -1.12. The molecule has 0 aliphatic rings. The lowest BCUT2D eigenvalue weighted by Crippen LogP contribution is -2.23. The van der Waals surface area contributed by atoms with Crippen molar-refractivity contribution in [3.05, 3.63) is 23.6 Å². The lowest BCUT2D eigenvalue weighted by Gasteiger charge is -2.12. The molecule has 0 aliphatic carbocycles.